The Bertz CT molecular complexity index is 1850. The van der Waals surface area contributed by atoms with Gasteiger partial charge in [0.2, 0.25) is 0 Å². The molecule has 12 nitrogen and oxygen atoms in total. The number of benzene rings is 4. The predicted molar refractivity (Wildman–Crippen MR) is 218 cm³/mol. The molecule has 314 valence electrons. The fraction of sp³-hybridized carbons (Fsp3) is 0.404. The molecule has 0 aromatic heterocycles. The quantitative estimate of drug-likeness (QED) is 0.0413. The van der Waals surface area contributed by atoms with E-state index in [1.807, 2.05) is 121 Å². The van der Waals surface area contributed by atoms with Crippen LogP contribution in [-0.2, 0) is 73.9 Å². The van der Waals surface area contributed by atoms with Crippen LogP contribution in [0.2, 0.25) is 0 Å². The molecule has 1 fully saturated rings. The third-order valence-corrected chi connectivity index (χ3v) is 9.60. The van der Waals surface area contributed by atoms with Crippen LogP contribution < -0.4 is 0 Å². The van der Waals surface area contributed by atoms with Gasteiger partial charge in [0.25, 0.3) is 0 Å². The van der Waals surface area contributed by atoms with Gasteiger partial charge in [-0.3, -0.25) is 9.59 Å². The molecule has 0 bridgehead atoms. The van der Waals surface area contributed by atoms with E-state index in [9.17, 15) is 19.2 Å². The maximum absolute atomic E-state index is 13.3. The highest BCUT2D eigenvalue weighted by Crippen LogP contribution is 2.31. The van der Waals surface area contributed by atoms with Gasteiger partial charge in [-0.1, -0.05) is 121 Å². The minimum atomic E-state index is -1.06. The van der Waals surface area contributed by atoms with Crippen molar-refractivity contribution in [2.24, 2.45) is 0 Å². The number of carbonyl (C=O) groups excluding carboxylic acids is 4. The zero-order chi connectivity index (χ0) is 41.7. The van der Waals surface area contributed by atoms with Crippen molar-refractivity contribution in [1.29, 1.82) is 0 Å². The van der Waals surface area contributed by atoms with Gasteiger partial charge < -0.3 is 42.9 Å². The molecule has 0 unspecified atom stereocenters. The Hall–Kier alpha value is -5.40. The fourth-order valence-corrected chi connectivity index (χ4v) is 6.51. The smallest absolute Gasteiger partial charge is 0.410 e. The Labute approximate surface area is 346 Å². The van der Waals surface area contributed by atoms with E-state index < -0.39 is 48.7 Å². The SMILES string of the molecule is CC(=O)CCC(=O)O[C@@H]1[C@@H](OCc2ccccc2)[C@@H](OCCCCCN(Cc2ccccc2)C(=O)OCc2ccccc2)O[C@H](COC(C)=O)[C@H]1OCc1ccccc1. The van der Waals surface area contributed by atoms with Crippen LogP contribution in [0.1, 0.15) is 68.2 Å². The lowest BCUT2D eigenvalue weighted by molar-refractivity contribution is -0.321. The van der Waals surface area contributed by atoms with Crippen LogP contribution >= 0.6 is 0 Å². The van der Waals surface area contributed by atoms with Gasteiger partial charge in [-0.05, 0) is 48.4 Å². The lowest BCUT2D eigenvalue weighted by atomic mass is 9.97. The molecule has 0 spiro atoms. The number of ketones is 1. The molecule has 1 heterocycles. The fourth-order valence-electron chi connectivity index (χ4n) is 6.51. The summed E-state index contributed by atoms with van der Waals surface area (Å²) in [5, 5.41) is 0. The monoisotopic (exact) mass is 809 g/mol. The number of ether oxygens (including phenoxy) is 7. The Morgan fingerprint density at radius 2 is 1.12 bits per heavy atom. The predicted octanol–water partition coefficient (Wildman–Crippen LogP) is 7.75. The maximum atomic E-state index is 13.3. The summed E-state index contributed by atoms with van der Waals surface area (Å²) >= 11 is 0. The topological polar surface area (TPSA) is 136 Å². The first-order valence-corrected chi connectivity index (χ1v) is 20.1. The molecule has 1 aliphatic heterocycles. The summed E-state index contributed by atoms with van der Waals surface area (Å²) in [6.45, 7) is 4.10. The van der Waals surface area contributed by atoms with Gasteiger partial charge in [0.1, 0.15) is 37.3 Å². The summed E-state index contributed by atoms with van der Waals surface area (Å²) in [5.74, 6) is -1.28. The van der Waals surface area contributed by atoms with Crippen molar-refractivity contribution in [3.8, 4) is 0 Å². The minimum Gasteiger partial charge on any atom is -0.463 e. The lowest BCUT2D eigenvalue weighted by Crippen LogP contribution is -2.62. The number of carbonyl (C=O) groups is 4. The van der Waals surface area contributed by atoms with Gasteiger partial charge in [-0.2, -0.15) is 0 Å². The van der Waals surface area contributed by atoms with E-state index in [0.717, 1.165) is 22.3 Å². The number of rotatable bonds is 23. The van der Waals surface area contributed by atoms with Crippen LogP contribution in [0.4, 0.5) is 4.79 Å². The van der Waals surface area contributed by atoms with Crippen molar-refractivity contribution in [1.82, 2.24) is 4.90 Å². The normalized spacial score (nSPS) is 18.7. The van der Waals surface area contributed by atoms with Crippen molar-refractivity contribution in [3.05, 3.63) is 144 Å². The van der Waals surface area contributed by atoms with E-state index in [1.54, 1.807) is 4.90 Å². The third-order valence-electron chi connectivity index (χ3n) is 9.60. The average molecular weight is 810 g/mol. The Morgan fingerprint density at radius 1 is 0.576 bits per heavy atom. The number of esters is 2. The number of unbranched alkanes of at least 4 members (excludes halogenated alkanes) is 2. The molecule has 4 aromatic carbocycles. The van der Waals surface area contributed by atoms with Gasteiger partial charge >= 0.3 is 18.0 Å². The van der Waals surface area contributed by atoms with Crippen LogP contribution in [0.15, 0.2) is 121 Å². The van der Waals surface area contributed by atoms with E-state index >= 15 is 0 Å². The van der Waals surface area contributed by atoms with Crippen molar-refractivity contribution < 1.29 is 52.3 Å². The highest BCUT2D eigenvalue weighted by molar-refractivity contribution is 5.81. The van der Waals surface area contributed by atoms with Crippen molar-refractivity contribution in [2.45, 2.75) is 103 Å². The van der Waals surface area contributed by atoms with E-state index in [1.165, 1.54) is 13.8 Å². The molecule has 0 N–H and O–H groups in total. The van der Waals surface area contributed by atoms with E-state index in [4.69, 9.17) is 33.2 Å². The Kier molecular flexibility index (Phi) is 18.6. The molecular weight excluding hydrogens is 755 g/mol. The highest BCUT2D eigenvalue weighted by Gasteiger charge is 2.50. The number of hydrogen-bond acceptors (Lipinski definition) is 11. The number of hydrogen-bond donors (Lipinski definition) is 0. The molecule has 1 saturated heterocycles. The van der Waals surface area contributed by atoms with Crippen LogP contribution in [0, 0.1) is 0 Å². The summed E-state index contributed by atoms with van der Waals surface area (Å²) in [6, 6.07) is 38.4. The third kappa shape index (κ3) is 15.7. The number of amides is 1. The lowest BCUT2D eigenvalue weighted by Gasteiger charge is -2.45. The van der Waals surface area contributed by atoms with Gasteiger partial charge in [-0.15, -0.1) is 0 Å². The first-order chi connectivity index (χ1) is 28.7. The molecule has 0 radical (unpaired) electrons. The van der Waals surface area contributed by atoms with Crippen molar-refractivity contribution >= 4 is 23.8 Å². The molecule has 1 amide bonds. The second-order valence-corrected chi connectivity index (χ2v) is 14.4. The van der Waals surface area contributed by atoms with Crippen LogP contribution in [-0.4, -0.2) is 79.2 Å². The molecule has 59 heavy (non-hydrogen) atoms. The highest BCUT2D eigenvalue weighted by atomic mass is 16.7. The largest absolute Gasteiger partial charge is 0.463 e. The maximum Gasteiger partial charge on any atom is 0.410 e. The van der Waals surface area contributed by atoms with Gasteiger partial charge in [0, 0.05) is 33.0 Å². The summed E-state index contributed by atoms with van der Waals surface area (Å²) in [5.41, 5.74) is 3.65. The molecule has 4 aromatic rings. The first-order valence-electron chi connectivity index (χ1n) is 20.1. The van der Waals surface area contributed by atoms with Crippen LogP contribution in [0.3, 0.4) is 0 Å². The van der Waals surface area contributed by atoms with E-state index in [2.05, 4.69) is 0 Å². The van der Waals surface area contributed by atoms with Crippen molar-refractivity contribution in [3.63, 3.8) is 0 Å². The Balaban J connectivity index is 1.28. The molecule has 1 aliphatic rings. The average Bonchev–Trinajstić information content (AvgIpc) is 3.25. The summed E-state index contributed by atoms with van der Waals surface area (Å²) in [6.07, 6.45) is -3.44. The molecule has 0 aliphatic carbocycles. The zero-order valence-corrected chi connectivity index (χ0v) is 33.9. The van der Waals surface area contributed by atoms with Crippen molar-refractivity contribution in [2.75, 3.05) is 19.8 Å². The summed E-state index contributed by atoms with van der Waals surface area (Å²) in [7, 11) is 0. The second-order valence-electron chi connectivity index (χ2n) is 14.4. The van der Waals surface area contributed by atoms with Gasteiger partial charge in [0.05, 0.1) is 19.6 Å². The Morgan fingerprint density at radius 3 is 1.68 bits per heavy atom. The number of Topliss-reactive ketones (excluding diaryl/α,β-unsaturated/α-hetero) is 1. The second kappa shape index (κ2) is 24.5. The van der Waals surface area contributed by atoms with Crippen LogP contribution in [0.25, 0.3) is 0 Å². The van der Waals surface area contributed by atoms with Gasteiger partial charge in [-0.25, -0.2) is 4.79 Å². The molecule has 5 atom stereocenters. The van der Waals surface area contributed by atoms with Gasteiger partial charge in [0.15, 0.2) is 12.4 Å². The first kappa shape index (κ1) is 44.7. The van der Waals surface area contributed by atoms with E-state index in [-0.39, 0.29) is 51.7 Å². The molecule has 12 heteroatoms. The minimum absolute atomic E-state index is 0.0114. The number of nitrogens with zero attached hydrogens (tertiary/aromatic N) is 1. The summed E-state index contributed by atoms with van der Waals surface area (Å²) in [4.78, 5) is 52.1. The van der Waals surface area contributed by atoms with E-state index in [0.29, 0.717) is 32.4 Å². The zero-order valence-electron chi connectivity index (χ0n) is 33.9. The molecule has 0 saturated carbocycles. The van der Waals surface area contributed by atoms with Crippen LogP contribution in [0.5, 0.6) is 0 Å². The summed E-state index contributed by atoms with van der Waals surface area (Å²) < 4.78 is 43.0. The molecule has 5 rings (SSSR count). The molecular formula is C47H55NO11. The standard InChI is InChI=1S/C47H55NO11/c1-35(49)26-27-42(51)59-44-43(55-31-38-20-10-4-11-21-38)41(34-54-36(2)50)58-46(45(44)56-32-39-22-12-5-13-23-39)53-29-17-7-16-28-48(30-37-18-8-3-9-19-37)47(52)57-33-40-24-14-6-15-25-40/h3-6,8-15,18-25,41,43-46H,7,16-17,26-34H2,1-2H3/t41-,43-,44+,45-,46+/m1/s1.